The van der Waals surface area contributed by atoms with Gasteiger partial charge in [-0.15, -0.1) is 0 Å². The van der Waals surface area contributed by atoms with Crippen LogP contribution in [0.15, 0.2) is 12.1 Å². The smallest absolute Gasteiger partial charge is 0.323 e. The van der Waals surface area contributed by atoms with Crippen LogP contribution in [0.4, 0.5) is 0 Å². The number of methoxy groups -OCH3 is 2. The molecule has 0 fully saturated rings. The lowest BCUT2D eigenvalue weighted by Crippen LogP contribution is -2.48. The summed E-state index contributed by atoms with van der Waals surface area (Å²) in [4.78, 5) is 11.4. The van der Waals surface area contributed by atoms with Crippen LogP contribution in [0.5, 0.6) is 11.5 Å². The summed E-state index contributed by atoms with van der Waals surface area (Å²) in [6, 6.07) is 3.98. The Kier molecular flexibility index (Phi) is 6.05. The second kappa shape index (κ2) is 7.21. The Morgan fingerprint density at radius 1 is 1.13 bits per heavy atom. The van der Waals surface area contributed by atoms with Gasteiger partial charge in [0.05, 0.1) is 14.2 Å². The maximum Gasteiger partial charge on any atom is 0.323 e. The van der Waals surface area contributed by atoms with Crippen molar-refractivity contribution in [1.82, 2.24) is 5.32 Å². The van der Waals surface area contributed by atoms with Gasteiger partial charge in [-0.2, -0.15) is 0 Å². The largest absolute Gasteiger partial charge is 0.496 e. The molecule has 0 heterocycles. The summed E-state index contributed by atoms with van der Waals surface area (Å²) in [6.45, 7) is 10.2. The molecule has 0 saturated carbocycles. The third kappa shape index (κ3) is 4.38. The summed E-state index contributed by atoms with van der Waals surface area (Å²) < 4.78 is 11.0. The van der Waals surface area contributed by atoms with Crippen LogP contribution in [-0.4, -0.2) is 30.8 Å². The highest BCUT2D eigenvalue weighted by Crippen LogP contribution is 2.35. The summed E-state index contributed by atoms with van der Waals surface area (Å²) in [6.07, 6.45) is 0.479. The van der Waals surface area contributed by atoms with Gasteiger partial charge in [-0.05, 0) is 36.5 Å². The number of aliphatic carboxylic acids is 1. The Labute approximate surface area is 139 Å². The molecule has 1 aromatic carbocycles. The molecule has 1 atom stereocenters. The lowest BCUT2D eigenvalue weighted by atomic mass is 9.86. The van der Waals surface area contributed by atoms with Crippen molar-refractivity contribution < 1.29 is 19.4 Å². The highest BCUT2D eigenvalue weighted by Gasteiger charge is 2.31. The Morgan fingerprint density at radius 3 is 1.91 bits per heavy atom. The van der Waals surface area contributed by atoms with Gasteiger partial charge < -0.3 is 14.6 Å². The van der Waals surface area contributed by atoms with E-state index in [0.717, 1.165) is 11.1 Å². The second-order valence-corrected chi connectivity index (χ2v) is 6.95. The number of nitrogens with one attached hydrogen (secondary N) is 1. The number of carboxylic acids is 1. The monoisotopic (exact) mass is 323 g/mol. The number of ether oxygens (including phenoxy) is 2. The summed E-state index contributed by atoms with van der Waals surface area (Å²) in [7, 11) is 3.22. The van der Waals surface area contributed by atoms with Crippen molar-refractivity contribution in [3.63, 3.8) is 0 Å². The topological polar surface area (TPSA) is 67.8 Å². The van der Waals surface area contributed by atoms with Crippen LogP contribution >= 0.6 is 0 Å². The Hall–Kier alpha value is -1.75. The molecule has 0 aliphatic carbocycles. The minimum absolute atomic E-state index is 0.0362. The molecular formula is C18H29NO4. The number of rotatable bonds is 7. The van der Waals surface area contributed by atoms with Crippen molar-refractivity contribution in [2.24, 2.45) is 0 Å². The molecule has 5 nitrogen and oxygen atoms in total. The predicted molar refractivity (Wildman–Crippen MR) is 91.4 cm³/mol. The molecular weight excluding hydrogens is 294 g/mol. The standard InChI is InChI=1S/C18H29NO4/c1-8-18(5,16(20)21)19-11-13-14(22-6)9-12(17(2,3)4)10-15(13)23-7/h9-10,19H,8,11H2,1-7H3,(H,20,21). The van der Waals surface area contributed by atoms with Crippen LogP contribution in [0.2, 0.25) is 0 Å². The number of benzene rings is 1. The van der Waals surface area contributed by atoms with Gasteiger partial charge in [-0.25, -0.2) is 0 Å². The second-order valence-electron chi connectivity index (χ2n) is 6.95. The van der Waals surface area contributed by atoms with Gasteiger partial charge in [0, 0.05) is 12.1 Å². The summed E-state index contributed by atoms with van der Waals surface area (Å²) >= 11 is 0. The first-order valence-corrected chi connectivity index (χ1v) is 7.82. The third-order valence-electron chi connectivity index (χ3n) is 4.31. The Balaban J connectivity index is 3.23. The van der Waals surface area contributed by atoms with E-state index >= 15 is 0 Å². The molecule has 0 aliphatic heterocycles. The van der Waals surface area contributed by atoms with Crippen LogP contribution in [0.1, 0.15) is 52.2 Å². The van der Waals surface area contributed by atoms with Gasteiger partial charge in [0.2, 0.25) is 0 Å². The molecule has 0 bridgehead atoms. The molecule has 1 unspecified atom stereocenters. The van der Waals surface area contributed by atoms with Crippen molar-refractivity contribution >= 4 is 5.97 Å². The fourth-order valence-corrected chi connectivity index (χ4v) is 2.23. The van der Waals surface area contributed by atoms with Crippen LogP contribution in [-0.2, 0) is 16.8 Å². The van der Waals surface area contributed by atoms with Crippen LogP contribution < -0.4 is 14.8 Å². The third-order valence-corrected chi connectivity index (χ3v) is 4.31. The number of hydrogen-bond donors (Lipinski definition) is 2. The molecule has 0 amide bonds. The van der Waals surface area contributed by atoms with Gasteiger partial charge >= 0.3 is 5.97 Å². The maximum absolute atomic E-state index is 11.4. The first-order chi connectivity index (χ1) is 10.6. The molecule has 0 saturated heterocycles. The van der Waals surface area contributed by atoms with E-state index in [9.17, 15) is 9.90 Å². The van der Waals surface area contributed by atoms with Crippen molar-refractivity contribution in [3.05, 3.63) is 23.3 Å². The first-order valence-electron chi connectivity index (χ1n) is 7.82. The van der Waals surface area contributed by atoms with Gasteiger partial charge in [0.1, 0.15) is 17.0 Å². The van der Waals surface area contributed by atoms with Crippen molar-refractivity contribution in [2.45, 2.75) is 58.5 Å². The average Bonchev–Trinajstić information content (AvgIpc) is 2.50. The number of hydrogen-bond acceptors (Lipinski definition) is 4. The minimum atomic E-state index is -0.987. The molecule has 0 spiro atoms. The zero-order chi connectivity index (χ0) is 17.8. The van der Waals surface area contributed by atoms with Gasteiger partial charge in [0.15, 0.2) is 0 Å². The van der Waals surface area contributed by atoms with Crippen LogP contribution in [0, 0.1) is 0 Å². The van der Waals surface area contributed by atoms with Crippen LogP contribution in [0.25, 0.3) is 0 Å². The van der Waals surface area contributed by atoms with E-state index in [1.54, 1.807) is 21.1 Å². The quantitative estimate of drug-likeness (QED) is 0.805. The first kappa shape index (κ1) is 19.3. The molecule has 0 aliphatic rings. The highest BCUT2D eigenvalue weighted by molar-refractivity contribution is 5.78. The summed E-state index contributed by atoms with van der Waals surface area (Å²) in [5.74, 6) is 0.528. The van der Waals surface area contributed by atoms with E-state index in [1.165, 1.54) is 0 Å². The van der Waals surface area contributed by atoms with E-state index in [1.807, 2.05) is 19.1 Å². The van der Waals surface area contributed by atoms with E-state index in [4.69, 9.17) is 9.47 Å². The molecule has 0 radical (unpaired) electrons. The van der Waals surface area contributed by atoms with Crippen molar-refractivity contribution in [3.8, 4) is 11.5 Å². The molecule has 5 heteroatoms. The SMILES string of the molecule is CCC(C)(NCc1c(OC)cc(C(C)(C)C)cc1OC)C(=O)O. The molecule has 0 aromatic heterocycles. The Morgan fingerprint density at radius 2 is 1.61 bits per heavy atom. The van der Waals surface area contributed by atoms with E-state index in [2.05, 4.69) is 26.1 Å². The maximum atomic E-state index is 11.4. The highest BCUT2D eigenvalue weighted by atomic mass is 16.5. The van der Waals surface area contributed by atoms with Gasteiger partial charge in [-0.1, -0.05) is 27.7 Å². The van der Waals surface area contributed by atoms with Crippen LogP contribution in [0.3, 0.4) is 0 Å². The van der Waals surface area contributed by atoms with Crippen molar-refractivity contribution in [1.29, 1.82) is 0 Å². The molecule has 23 heavy (non-hydrogen) atoms. The summed E-state index contributed by atoms with van der Waals surface area (Å²) in [5.41, 5.74) is 0.903. The number of carbonyl (C=O) groups is 1. The molecule has 130 valence electrons. The van der Waals surface area contributed by atoms with E-state index < -0.39 is 11.5 Å². The molecule has 2 N–H and O–H groups in total. The predicted octanol–water partition coefficient (Wildman–Crippen LogP) is 3.34. The zero-order valence-electron chi connectivity index (χ0n) is 15.2. The number of carboxylic acid groups (broad SMARTS) is 1. The lowest BCUT2D eigenvalue weighted by molar-refractivity contribution is -0.144. The molecule has 1 rings (SSSR count). The minimum Gasteiger partial charge on any atom is -0.496 e. The Bertz CT molecular complexity index is 538. The lowest BCUT2D eigenvalue weighted by Gasteiger charge is -2.27. The normalized spacial score (nSPS) is 14.2. The zero-order valence-corrected chi connectivity index (χ0v) is 15.2. The van der Waals surface area contributed by atoms with E-state index in [0.29, 0.717) is 24.5 Å². The average molecular weight is 323 g/mol. The van der Waals surface area contributed by atoms with Gasteiger partial charge in [0.25, 0.3) is 0 Å². The fourth-order valence-electron chi connectivity index (χ4n) is 2.23. The van der Waals surface area contributed by atoms with E-state index in [-0.39, 0.29) is 5.41 Å². The summed E-state index contributed by atoms with van der Waals surface area (Å²) in [5, 5.41) is 12.5. The molecule has 1 aromatic rings. The fraction of sp³-hybridized carbons (Fsp3) is 0.611. The van der Waals surface area contributed by atoms with Gasteiger partial charge in [-0.3, -0.25) is 10.1 Å². The van der Waals surface area contributed by atoms with Crippen molar-refractivity contribution in [2.75, 3.05) is 14.2 Å².